The Morgan fingerprint density at radius 2 is 1.69 bits per heavy atom. The van der Waals surface area contributed by atoms with Gasteiger partial charge in [-0.15, -0.1) is 0 Å². The van der Waals surface area contributed by atoms with Gasteiger partial charge in [0.05, 0.1) is 21.3 Å². The minimum Gasteiger partial charge on any atom is -0.493 e. The van der Waals surface area contributed by atoms with Crippen LogP contribution in [0.15, 0.2) is 52.9 Å². The molecule has 4 rings (SSSR count). The number of benzene rings is 3. The van der Waals surface area contributed by atoms with Gasteiger partial charge in [-0.3, -0.25) is 4.79 Å². The Labute approximate surface area is 189 Å². The highest BCUT2D eigenvalue weighted by Crippen LogP contribution is 2.38. The molecule has 1 heterocycles. The van der Waals surface area contributed by atoms with E-state index >= 15 is 0 Å². The number of oxazole rings is 1. The first kappa shape index (κ1) is 21.5. The summed E-state index contributed by atoms with van der Waals surface area (Å²) < 4.78 is 21.8. The molecule has 7 nitrogen and oxygen atoms in total. The Balaban J connectivity index is 1.62. The average Bonchev–Trinajstić information content (AvgIpc) is 3.23. The number of hydrogen-bond acceptors (Lipinski definition) is 6. The Kier molecular flexibility index (Phi) is 5.92. The third kappa shape index (κ3) is 4.07. The summed E-state index contributed by atoms with van der Waals surface area (Å²) in [6.07, 6.45) is 0. The fourth-order valence-corrected chi connectivity index (χ4v) is 3.45. The predicted octanol–water partition coefficient (Wildman–Crippen LogP) is 5.73. The van der Waals surface area contributed by atoms with Crippen molar-refractivity contribution < 1.29 is 23.4 Å². The molecular formula is C24H21ClN2O5. The van der Waals surface area contributed by atoms with Crippen molar-refractivity contribution in [2.45, 2.75) is 6.92 Å². The van der Waals surface area contributed by atoms with Crippen molar-refractivity contribution in [3.8, 4) is 28.7 Å². The maximum absolute atomic E-state index is 12.9. The van der Waals surface area contributed by atoms with Gasteiger partial charge in [-0.05, 0) is 55.0 Å². The summed E-state index contributed by atoms with van der Waals surface area (Å²) in [5, 5.41) is 3.50. The van der Waals surface area contributed by atoms with Crippen LogP contribution in [0.5, 0.6) is 17.2 Å². The second-order valence-corrected chi connectivity index (χ2v) is 7.44. The number of carbonyl (C=O) groups is 1. The summed E-state index contributed by atoms with van der Waals surface area (Å²) in [4.78, 5) is 17.4. The number of fused-ring (bicyclic) bond motifs is 1. The Morgan fingerprint density at radius 3 is 2.31 bits per heavy atom. The first-order valence-corrected chi connectivity index (χ1v) is 10.1. The fourth-order valence-electron chi connectivity index (χ4n) is 3.27. The van der Waals surface area contributed by atoms with Gasteiger partial charge in [0.15, 0.2) is 17.1 Å². The van der Waals surface area contributed by atoms with Gasteiger partial charge in [0.1, 0.15) is 5.52 Å². The largest absolute Gasteiger partial charge is 0.493 e. The first-order chi connectivity index (χ1) is 15.4. The van der Waals surface area contributed by atoms with Gasteiger partial charge in [0.25, 0.3) is 5.91 Å². The van der Waals surface area contributed by atoms with Gasteiger partial charge in [-0.2, -0.15) is 0 Å². The quantitative estimate of drug-likeness (QED) is 0.402. The number of aryl methyl sites for hydroxylation is 1. The molecule has 32 heavy (non-hydrogen) atoms. The highest BCUT2D eigenvalue weighted by atomic mass is 35.5. The molecule has 0 spiro atoms. The maximum Gasteiger partial charge on any atom is 0.255 e. The highest BCUT2D eigenvalue weighted by Gasteiger charge is 2.18. The molecule has 164 valence electrons. The van der Waals surface area contributed by atoms with Crippen molar-refractivity contribution in [3.05, 3.63) is 64.7 Å². The number of carbonyl (C=O) groups excluding carboxylic acids is 1. The van der Waals surface area contributed by atoms with Gasteiger partial charge in [0.2, 0.25) is 11.6 Å². The van der Waals surface area contributed by atoms with Gasteiger partial charge in [-0.1, -0.05) is 17.7 Å². The van der Waals surface area contributed by atoms with Gasteiger partial charge < -0.3 is 23.9 Å². The Morgan fingerprint density at radius 1 is 0.969 bits per heavy atom. The number of nitrogens with zero attached hydrogens (tertiary/aromatic N) is 1. The lowest BCUT2D eigenvalue weighted by Gasteiger charge is -2.14. The molecule has 0 radical (unpaired) electrons. The SMILES string of the molecule is COc1cc(C(=O)Nc2ccc3oc(-c4ccc(C)c(Cl)c4)nc3c2)cc(OC)c1OC. The molecule has 1 aromatic heterocycles. The summed E-state index contributed by atoms with van der Waals surface area (Å²) in [6, 6.07) is 14.0. The van der Waals surface area contributed by atoms with E-state index in [9.17, 15) is 4.79 Å². The Bertz CT molecular complexity index is 1290. The molecule has 0 aliphatic rings. The minimum absolute atomic E-state index is 0.336. The van der Waals surface area contributed by atoms with Crippen molar-refractivity contribution in [2.24, 2.45) is 0 Å². The normalized spacial score (nSPS) is 10.8. The molecule has 0 unspecified atom stereocenters. The van der Waals surface area contributed by atoms with Crippen LogP contribution in [0.2, 0.25) is 5.02 Å². The number of amides is 1. The second-order valence-electron chi connectivity index (χ2n) is 7.03. The molecule has 0 bridgehead atoms. The molecule has 3 aromatic carbocycles. The first-order valence-electron chi connectivity index (χ1n) is 9.72. The zero-order valence-electron chi connectivity index (χ0n) is 18.0. The second kappa shape index (κ2) is 8.80. The van der Waals surface area contributed by atoms with E-state index in [2.05, 4.69) is 10.3 Å². The van der Waals surface area contributed by atoms with E-state index < -0.39 is 0 Å². The van der Waals surface area contributed by atoms with E-state index in [4.69, 9.17) is 30.2 Å². The van der Waals surface area contributed by atoms with Crippen molar-refractivity contribution in [1.82, 2.24) is 4.98 Å². The van der Waals surface area contributed by atoms with Crippen LogP contribution in [0.4, 0.5) is 5.69 Å². The van der Waals surface area contributed by atoms with Crippen LogP contribution in [0, 0.1) is 6.92 Å². The number of hydrogen-bond donors (Lipinski definition) is 1. The van der Waals surface area contributed by atoms with E-state index in [1.807, 2.05) is 25.1 Å². The molecular weight excluding hydrogens is 432 g/mol. The van der Waals surface area contributed by atoms with Crippen LogP contribution >= 0.6 is 11.6 Å². The number of methoxy groups -OCH3 is 3. The average molecular weight is 453 g/mol. The van der Waals surface area contributed by atoms with Crippen molar-refractivity contribution in [2.75, 3.05) is 26.6 Å². The molecule has 4 aromatic rings. The summed E-state index contributed by atoms with van der Waals surface area (Å²) in [7, 11) is 4.50. The minimum atomic E-state index is -0.336. The summed E-state index contributed by atoms with van der Waals surface area (Å²) in [5.41, 5.74) is 3.89. The molecule has 0 atom stereocenters. The van der Waals surface area contributed by atoms with Crippen molar-refractivity contribution in [1.29, 1.82) is 0 Å². The molecule has 0 fully saturated rings. The van der Waals surface area contributed by atoms with Crippen LogP contribution in [0.25, 0.3) is 22.6 Å². The van der Waals surface area contributed by atoms with Crippen molar-refractivity contribution >= 4 is 34.3 Å². The van der Waals surface area contributed by atoms with Gasteiger partial charge in [0, 0.05) is 21.8 Å². The lowest BCUT2D eigenvalue weighted by atomic mass is 10.1. The number of nitrogens with one attached hydrogen (secondary N) is 1. The molecule has 8 heteroatoms. The Hall–Kier alpha value is -3.71. The zero-order valence-corrected chi connectivity index (χ0v) is 18.7. The number of ether oxygens (including phenoxy) is 3. The third-order valence-corrected chi connectivity index (χ3v) is 5.40. The number of halogens is 1. The van der Waals surface area contributed by atoms with E-state index in [1.165, 1.54) is 21.3 Å². The van der Waals surface area contributed by atoms with E-state index in [1.54, 1.807) is 30.3 Å². The summed E-state index contributed by atoms with van der Waals surface area (Å²) in [5.74, 6) is 1.32. The van der Waals surface area contributed by atoms with E-state index in [0.717, 1.165) is 11.1 Å². The zero-order chi connectivity index (χ0) is 22.8. The third-order valence-electron chi connectivity index (χ3n) is 4.99. The number of rotatable bonds is 6. The van der Waals surface area contributed by atoms with Crippen LogP contribution in [0.1, 0.15) is 15.9 Å². The van der Waals surface area contributed by atoms with Gasteiger partial charge >= 0.3 is 0 Å². The topological polar surface area (TPSA) is 82.8 Å². The van der Waals surface area contributed by atoms with Crippen LogP contribution < -0.4 is 19.5 Å². The molecule has 0 saturated carbocycles. The molecule has 1 amide bonds. The van der Waals surface area contributed by atoms with Crippen LogP contribution in [0.3, 0.4) is 0 Å². The molecule has 1 N–H and O–H groups in total. The predicted molar refractivity (Wildman–Crippen MR) is 123 cm³/mol. The standard InChI is InChI=1S/C24H21ClN2O5/c1-13-5-6-14(9-17(13)25)24-27-18-12-16(7-8-19(18)32-24)26-23(28)15-10-20(29-2)22(31-4)21(11-15)30-3/h5-12H,1-4H3,(H,26,28). The monoisotopic (exact) mass is 452 g/mol. The number of anilines is 1. The van der Waals surface area contributed by atoms with E-state index in [-0.39, 0.29) is 5.91 Å². The van der Waals surface area contributed by atoms with Crippen LogP contribution in [-0.2, 0) is 0 Å². The summed E-state index contributed by atoms with van der Waals surface area (Å²) in [6.45, 7) is 1.93. The van der Waals surface area contributed by atoms with Gasteiger partial charge in [-0.25, -0.2) is 4.98 Å². The van der Waals surface area contributed by atoms with Crippen molar-refractivity contribution in [3.63, 3.8) is 0 Å². The smallest absolute Gasteiger partial charge is 0.255 e. The summed E-state index contributed by atoms with van der Waals surface area (Å²) >= 11 is 6.22. The maximum atomic E-state index is 12.9. The number of aromatic nitrogens is 1. The highest BCUT2D eigenvalue weighted by molar-refractivity contribution is 6.31. The fraction of sp³-hybridized carbons (Fsp3) is 0.167. The molecule has 0 aliphatic carbocycles. The van der Waals surface area contributed by atoms with Crippen LogP contribution in [-0.4, -0.2) is 32.2 Å². The molecule has 0 aliphatic heterocycles. The van der Waals surface area contributed by atoms with E-state index in [0.29, 0.717) is 50.5 Å². The lowest BCUT2D eigenvalue weighted by molar-refractivity contribution is 0.102. The molecule has 0 saturated heterocycles. The lowest BCUT2D eigenvalue weighted by Crippen LogP contribution is -2.12.